The van der Waals surface area contributed by atoms with E-state index >= 15 is 0 Å². The Balaban J connectivity index is 1.89. The van der Waals surface area contributed by atoms with E-state index in [1.807, 2.05) is 0 Å². The molecular formula is C16H16Cl2N4O4. The second-order valence-electron chi connectivity index (χ2n) is 6.07. The van der Waals surface area contributed by atoms with E-state index in [-0.39, 0.29) is 18.9 Å². The minimum Gasteiger partial charge on any atom is -0.481 e. The van der Waals surface area contributed by atoms with Crippen molar-refractivity contribution in [1.82, 2.24) is 20.1 Å². The molecule has 0 spiro atoms. The van der Waals surface area contributed by atoms with Crippen molar-refractivity contribution < 1.29 is 19.4 Å². The number of aryl methyl sites for hydroxylation is 1. The minimum atomic E-state index is -1.02. The van der Waals surface area contributed by atoms with Gasteiger partial charge in [0.05, 0.1) is 28.6 Å². The first kappa shape index (κ1) is 18.6. The third-order valence-corrected chi connectivity index (χ3v) is 4.70. The Labute approximate surface area is 159 Å². The number of rotatable bonds is 5. The number of carbonyl (C=O) groups excluding carboxylic acids is 1. The summed E-state index contributed by atoms with van der Waals surface area (Å²) in [5.41, 5.74) is -0.547. The highest BCUT2D eigenvalue weighted by molar-refractivity contribution is 6.37. The van der Waals surface area contributed by atoms with Gasteiger partial charge < -0.3 is 15.2 Å². The second-order valence-corrected chi connectivity index (χ2v) is 6.89. The molecule has 8 nitrogen and oxygen atoms in total. The molecule has 0 radical (unpaired) electrons. The van der Waals surface area contributed by atoms with Gasteiger partial charge in [0.25, 0.3) is 5.91 Å². The number of carboxylic acids is 1. The fraction of sp³-hybridized carbons (Fsp3) is 0.375. The number of carbonyl (C=O) groups is 2. The highest BCUT2D eigenvalue weighted by Crippen LogP contribution is 2.29. The van der Waals surface area contributed by atoms with E-state index in [9.17, 15) is 9.59 Å². The number of aromatic nitrogens is 3. The van der Waals surface area contributed by atoms with Crippen LogP contribution in [0.1, 0.15) is 29.3 Å². The molecule has 26 heavy (non-hydrogen) atoms. The Bertz CT molecular complexity index is 842. The molecule has 1 aromatic carbocycles. The van der Waals surface area contributed by atoms with Crippen LogP contribution in [-0.4, -0.2) is 50.5 Å². The van der Waals surface area contributed by atoms with Crippen LogP contribution in [0.2, 0.25) is 10.0 Å². The number of carboxylic acid groups (broad SMARTS) is 1. The van der Waals surface area contributed by atoms with E-state index in [1.165, 1.54) is 4.68 Å². The molecular weight excluding hydrogens is 383 g/mol. The van der Waals surface area contributed by atoms with Crippen molar-refractivity contribution in [2.24, 2.45) is 0 Å². The molecule has 0 saturated carbocycles. The number of aliphatic carboxylic acids is 1. The van der Waals surface area contributed by atoms with Gasteiger partial charge in [-0.05, 0) is 25.5 Å². The minimum absolute atomic E-state index is 0.102. The molecule has 1 amide bonds. The summed E-state index contributed by atoms with van der Waals surface area (Å²) in [6.07, 6.45) is 0.163. The summed E-state index contributed by atoms with van der Waals surface area (Å²) in [4.78, 5) is 27.9. The second kappa shape index (κ2) is 7.22. The van der Waals surface area contributed by atoms with Crippen molar-refractivity contribution in [2.75, 3.05) is 13.2 Å². The third-order valence-electron chi connectivity index (χ3n) is 4.09. The standard InChI is InChI=1S/C16H16Cl2N4O4/c1-9-19-14(21-22(9)13-10(17)3-2-4-11(13)18)15(25)20-16(7-12(23)24)5-6-26-8-16/h2-4H,5-8H2,1H3,(H,20,25)(H,23,24). The lowest BCUT2D eigenvalue weighted by molar-refractivity contribution is -0.138. The highest BCUT2D eigenvalue weighted by Gasteiger charge is 2.39. The zero-order valence-electron chi connectivity index (χ0n) is 13.8. The van der Waals surface area contributed by atoms with Gasteiger partial charge in [-0.25, -0.2) is 9.67 Å². The first-order valence-corrected chi connectivity index (χ1v) is 8.57. The predicted octanol–water partition coefficient (Wildman–Crippen LogP) is 2.25. The lowest BCUT2D eigenvalue weighted by Gasteiger charge is -2.26. The van der Waals surface area contributed by atoms with E-state index in [1.54, 1.807) is 25.1 Å². The van der Waals surface area contributed by atoms with Gasteiger partial charge in [-0.1, -0.05) is 29.3 Å². The zero-order chi connectivity index (χ0) is 18.9. The van der Waals surface area contributed by atoms with Gasteiger partial charge in [0.1, 0.15) is 11.5 Å². The lowest BCUT2D eigenvalue weighted by Crippen LogP contribution is -2.50. The van der Waals surface area contributed by atoms with Crippen molar-refractivity contribution in [3.05, 3.63) is 39.9 Å². The van der Waals surface area contributed by atoms with Crippen LogP contribution in [0.25, 0.3) is 5.69 Å². The number of amides is 1. The number of halogens is 2. The summed E-state index contributed by atoms with van der Waals surface area (Å²) in [6.45, 7) is 2.17. The van der Waals surface area contributed by atoms with Crippen LogP contribution in [0.15, 0.2) is 18.2 Å². The van der Waals surface area contributed by atoms with Crippen LogP contribution < -0.4 is 5.32 Å². The highest BCUT2D eigenvalue weighted by atomic mass is 35.5. The molecule has 3 rings (SSSR count). The average molecular weight is 399 g/mol. The van der Waals surface area contributed by atoms with Crippen molar-refractivity contribution >= 4 is 35.1 Å². The van der Waals surface area contributed by atoms with E-state index in [0.29, 0.717) is 34.6 Å². The molecule has 1 unspecified atom stereocenters. The summed E-state index contributed by atoms with van der Waals surface area (Å²) in [7, 11) is 0. The lowest BCUT2D eigenvalue weighted by atomic mass is 9.94. The van der Waals surface area contributed by atoms with E-state index in [4.69, 9.17) is 33.0 Å². The Morgan fingerprint density at radius 2 is 2.08 bits per heavy atom. The molecule has 1 aromatic heterocycles. The molecule has 2 heterocycles. The molecule has 138 valence electrons. The SMILES string of the molecule is Cc1nc(C(=O)NC2(CC(=O)O)CCOC2)nn1-c1c(Cl)cccc1Cl. The fourth-order valence-corrected chi connectivity index (χ4v) is 3.42. The molecule has 1 atom stereocenters. The van der Waals surface area contributed by atoms with Crippen LogP contribution in [0.4, 0.5) is 0 Å². The number of nitrogens with zero attached hydrogens (tertiary/aromatic N) is 3. The summed E-state index contributed by atoms with van der Waals surface area (Å²) >= 11 is 12.4. The van der Waals surface area contributed by atoms with E-state index < -0.39 is 17.4 Å². The number of hydrogen-bond donors (Lipinski definition) is 2. The van der Waals surface area contributed by atoms with Gasteiger partial charge in [-0.2, -0.15) is 0 Å². The molecule has 1 saturated heterocycles. The average Bonchev–Trinajstić information content (AvgIpc) is 3.14. The molecule has 1 aliphatic heterocycles. The van der Waals surface area contributed by atoms with Gasteiger partial charge in [-0.3, -0.25) is 9.59 Å². The molecule has 10 heteroatoms. The van der Waals surface area contributed by atoms with Crippen LogP contribution in [-0.2, 0) is 9.53 Å². The number of nitrogens with one attached hydrogen (secondary N) is 1. The first-order valence-electron chi connectivity index (χ1n) is 7.81. The normalized spacial score (nSPS) is 19.5. The Morgan fingerprint density at radius 3 is 2.65 bits per heavy atom. The third kappa shape index (κ3) is 3.67. The summed E-state index contributed by atoms with van der Waals surface area (Å²) < 4.78 is 6.65. The smallest absolute Gasteiger partial charge is 0.305 e. The first-order chi connectivity index (χ1) is 12.3. The van der Waals surface area contributed by atoms with E-state index in [0.717, 1.165) is 0 Å². The van der Waals surface area contributed by atoms with Crippen molar-refractivity contribution in [3.63, 3.8) is 0 Å². The molecule has 1 aliphatic rings. The molecule has 2 N–H and O–H groups in total. The van der Waals surface area contributed by atoms with Crippen molar-refractivity contribution in [3.8, 4) is 5.69 Å². The molecule has 1 fully saturated rings. The van der Waals surface area contributed by atoms with Crippen molar-refractivity contribution in [2.45, 2.75) is 25.3 Å². The van der Waals surface area contributed by atoms with Crippen LogP contribution in [0, 0.1) is 6.92 Å². The van der Waals surface area contributed by atoms with Gasteiger partial charge in [0, 0.05) is 6.61 Å². The van der Waals surface area contributed by atoms with Crippen LogP contribution >= 0.6 is 23.2 Å². The maximum atomic E-state index is 12.6. The largest absolute Gasteiger partial charge is 0.481 e. The molecule has 0 bridgehead atoms. The Hall–Kier alpha value is -2.16. The topological polar surface area (TPSA) is 106 Å². The number of para-hydroxylation sites is 1. The summed E-state index contributed by atoms with van der Waals surface area (Å²) in [6, 6.07) is 5.01. The van der Waals surface area contributed by atoms with Crippen molar-refractivity contribution in [1.29, 1.82) is 0 Å². The maximum absolute atomic E-state index is 12.6. The van der Waals surface area contributed by atoms with Crippen LogP contribution in [0.5, 0.6) is 0 Å². The number of benzene rings is 1. The Kier molecular flexibility index (Phi) is 5.17. The van der Waals surface area contributed by atoms with Gasteiger partial charge in [0.15, 0.2) is 0 Å². The van der Waals surface area contributed by atoms with Gasteiger partial charge >= 0.3 is 5.97 Å². The predicted molar refractivity (Wildman–Crippen MR) is 94.0 cm³/mol. The molecule has 0 aliphatic carbocycles. The van der Waals surface area contributed by atoms with Crippen LogP contribution in [0.3, 0.4) is 0 Å². The summed E-state index contributed by atoms with van der Waals surface area (Å²) in [5.74, 6) is -1.29. The van der Waals surface area contributed by atoms with E-state index in [2.05, 4.69) is 15.4 Å². The number of ether oxygens (including phenoxy) is 1. The Morgan fingerprint density at radius 1 is 1.38 bits per heavy atom. The van der Waals surface area contributed by atoms with Gasteiger partial charge in [0.2, 0.25) is 5.82 Å². The number of hydrogen-bond acceptors (Lipinski definition) is 5. The quantitative estimate of drug-likeness (QED) is 0.799. The van der Waals surface area contributed by atoms with Gasteiger partial charge in [-0.15, -0.1) is 5.10 Å². The maximum Gasteiger partial charge on any atom is 0.305 e. The monoisotopic (exact) mass is 398 g/mol. The fourth-order valence-electron chi connectivity index (χ4n) is 2.87. The zero-order valence-corrected chi connectivity index (χ0v) is 15.3. The summed E-state index contributed by atoms with van der Waals surface area (Å²) in [5, 5.41) is 16.7. The molecule has 2 aromatic rings.